The van der Waals surface area contributed by atoms with E-state index in [9.17, 15) is 5.11 Å². The molecule has 28 heavy (non-hydrogen) atoms. The number of fused-ring (bicyclic) bond motifs is 2. The van der Waals surface area contributed by atoms with Crippen molar-refractivity contribution in [2.45, 2.75) is 12.5 Å². The molecule has 1 aliphatic rings. The summed E-state index contributed by atoms with van der Waals surface area (Å²) in [4.78, 5) is 4.17. The molecule has 0 unspecified atom stereocenters. The third-order valence-corrected chi connectivity index (χ3v) is 5.36. The smallest absolute Gasteiger partial charge is 0.133 e. The van der Waals surface area contributed by atoms with E-state index in [1.165, 1.54) is 5.56 Å². The topological polar surface area (TPSA) is 35.9 Å². The molecule has 3 aromatic rings. The van der Waals surface area contributed by atoms with Gasteiger partial charge in [-0.15, -0.1) is 0 Å². The molecule has 4 heteroatoms. The summed E-state index contributed by atoms with van der Waals surface area (Å²) in [6.45, 7) is 0.0552. The summed E-state index contributed by atoms with van der Waals surface area (Å²) < 4.78 is 6.36. The minimum Gasteiger partial charge on any atom is -0.457 e. The summed E-state index contributed by atoms with van der Waals surface area (Å²) in [7, 11) is 8.14. The van der Waals surface area contributed by atoms with Crippen LogP contribution in [0, 0.1) is 0 Å². The molecule has 3 aromatic carbocycles. The van der Waals surface area contributed by atoms with E-state index in [0.29, 0.717) is 0 Å². The van der Waals surface area contributed by atoms with Gasteiger partial charge in [-0.25, -0.2) is 0 Å². The average molecular weight is 374 g/mol. The van der Waals surface area contributed by atoms with Gasteiger partial charge in [-0.2, -0.15) is 0 Å². The van der Waals surface area contributed by atoms with Gasteiger partial charge < -0.3 is 19.6 Å². The molecular weight excluding hydrogens is 348 g/mol. The predicted molar refractivity (Wildman–Crippen MR) is 115 cm³/mol. The molecule has 0 spiro atoms. The van der Waals surface area contributed by atoms with Gasteiger partial charge >= 0.3 is 0 Å². The second-order valence-corrected chi connectivity index (χ2v) is 7.67. The van der Waals surface area contributed by atoms with Crippen LogP contribution in [0.15, 0.2) is 60.7 Å². The molecule has 1 heterocycles. The highest BCUT2D eigenvalue weighted by Gasteiger charge is 2.29. The van der Waals surface area contributed by atoms with E-state index in [-0.39, 0.29) is 12.5 Å². The Kier molecular flexibility index (Phi) is 4.73. The number of rotatable bonds is 4. The van der Waals surface area contributed by atoms with Gasteiger partial charge in [-0.05, 0) is 23.3 Å². The van der Waals surface area contributed by atoms with E-state index >= 15 is 0 Å². The lowest BCUT2D eigenvalue weighted by atomic mass is 9.82. The monoisotopic (exact) mass is 374 g/mol. The predicted octanol–water partition coefficient (Wildman–Crippen LogP) is 4.60. The van der Waals surface area contributed by atoms with Gasteiger partial charge in [-0.3, -0.25) is 0 Å². The van der Waals surface area contributed by atoms with Crippen LogP contribution in [-0.4, -0.2) is 33.3 Å². The number of aliphatic hydroxyl groups is 1. The maximum absolute atomic E-state index is 9.39. The summed E-state index contributed by atoms with van der Waals surface area (Å²) in [6.07, 6.45) is 0. The Balaban J connectivity index is 1.88. The standard InChI is InChI=1S/C24H26N2O2/c1-25(2)18-9-11-20-22(13-18)28-23-14-19(26(3)4)10-12-21(23)24(20)17-7-5-16(15-27)6-8-17/h5-14,24,27H,15H2,1-4H3. The van der Waals surface area contributed by atoms with E-state index in [1.807, 2.05) is 40.3 Å². The fraction of sp³-hybridized carbons (Fsp3) is 0.250. The Bertz CT molecular complexity index is 936. The highest BCUT2D eigenvalue weighted by atomic mass is 16.5. The zero-order valence-corrected chi connectivity index (χ0v) is 16.8. The van der Waals surface area contributed by atoms with Crippen molar-refractivity contribution in [1.29, 1.82) is 0 Å². The van der Waals surface area contributed by atoms with E-state index in [1.54, 1.807) is 0 Å². The molecule has 0 saturated heterocycles. The number of benzene rings is 3. The van der Waals surface area contributed by atoms with E-state index in [2.05, 4.69) is 58.3 Å². The van der Waals surface area contributed by atoms with Crippen LogP contribution < -0.4 is 14.5 Å². The highest BCUT2D eigenvalue weighted by Crippen LogP contribution is 2.49. The Morgan fingerprint density at radius 1 is 0.750 bits per heavy atom. The first-order valence-corrected chi connectivity index (χ1v) is 9.48. The van der Waals surface area contributed by atoms with Crippen LogP contribution in [0.25, 0.3) is 0 Å². The number of ether oxygens (including phenoxy) is 1. The fourth-order valence-corrected chi connectivity index (χ4v) is 3.72. The third-order valence-electron chi connectivity index (χ3n) is 5.36. The Labute approximate surface area is 166 Å². The number of hydrogen-bond donors (Lipinski definition) is 1. The summed E-state index contributed by atoms with van der Waals surface area (Å²) in [5.41, 5.74) is 6.65. The lowest BCUT2D eigenvalue weighted by Crippen LogP contribution is -2.15. The van der Waals surface area contributed by atoms with Crippen molar-refractivity contribution < 1.29 is 9.84 Å². The van der Waals surface area contributed by atoms with E-state index < -0.39 is 0 Å². The molecule has 0 aromatic heterocycles. The van der Waals surface area contributed by atoms with Gasteiger partial charge in [0.25, 0.3) is 0 Å². The third kappa shape index (κ3) is 3.20. The minimum absolute atomic E-state index is 0.0552. The molecular formula is C24H26N2O2. The van der Waals surface area contributed by atoms with Crippen LogP contribution in [0.5, 0.6) is 11.5 Å². The SMILES string of the molecule is CN(C)c1ccc2c(c1)Oc1cc(N(C)C)ccc1C2c1ccc(CO)cc1. The van der Waals surface area contributed by atoms with Gasteiger partial charge in [0, 0.05) is 68.7 Å². The van der Waals surface area contributed by atoms with Gasteiger partial charge in [0.05, 0.1) is 6.61 Å². The Morgan fingerprint density at radius 2 is 1.25 bits per heavy atom. The molecule has 0 aliphatic carbocycles. The first-order chi connectivity index (χ1) is 13.5. The molecule has 0 amide bonds. The summed E-state index contributed by atoms with van der Waals surface area (Å²) in [5, 5.41) is 9.39. The molecule has 4 rings (SSSR count). The molecule has 0 bridgehead atoms. The second kappa shape index (κ2) is 7.21. The first kappa shape index (κ1) is 18.4. The van der Waals surface area contributed by atoms with Crippen molar-refractivity contribution in [3.63, 3.8) is 0 Å². The van der Waals surface area contributed by atoms with Gasteiger partial charge in [-0.1, -0.05) is 36.4 Å². The molecule has 0 radical (unpaired) electrons. The van der Waals surface area contributed by atoms with Crippen molar-refractivity contribution >= 4 is 11.4 Å². The lowest BCUT2D eigenvalue weighted by Gasteiger charge is -2.30. The zero-order valence-electron chi connectivity index (χ0n) is 16.8. The van der Waals surface area contributed by atoms with Crippen LogP contribution in [0.2, 0.25) is 0 Å². The van der Waals surface area contributed by atoms with Crippen LogP contribution in [0.3, 0.4) is 0 Å². The van der Waals surface area contributed by atoms with E-state index in [0.717, 1.165) is 39.6 Å². The van der Waals surface area contributed by atoms with Crippen molar-refractivity contribution in [2.24, 2.45) is 0 Å². The largest absolute Gasteiger partial charge is 0.457 e. The zero-order chi connectivity index (χ0) is 19.8. The van der Waals surface area contributed by atoms with Crippen LogP contribution in [0.4, 0.5) is 11.4 Å². The van der Waals surface area contributed by atoms with Gasteiger partial charge in [0.2, 0.25) is 0 Å². The first-order valence-electron chi connectivity index (χ1n) is 9.48. The second-order valence-electron chi connectivity index (χ2n) is 7.67. The van der Waals surface area contributed by atoms with Crippen molar-refractivity contribution in [3.8, 4) is 11.5 Å². The molecule has 1 N–H and O–H groups in total. The summed E-state index contributed by atoms with van der Waals surface area (Å²) in [6, 6.07) is 21.0. The van der Waals surface area contributed by atoms with Crippen molar-refractivity contribution in [2.75, 3.05) is 38.0 Å². The molecule has 0 saturated carbocycles. The molecule has 4 nitrogen and oxygen atoms in total. The molecule has 0 fully saturated rings. The number of anilines is 2. The Hall–Kier alpha value is -2.98. The van der Waals surface area contributed by atoms with E-state index in [4.69, 9.17) is 4.74 Å². The Morgan fingerprint density at radius 3 is 1.68 bits per heavy atom. The minimum atomic E-state index is 0.0552. The maximum atomic E-state index is 9.39. The van der Waals surface area contributed by atoms with Crippen LogP contribution >= 0.6 is 0 Å². The van der Waals surface area contributed by atoms with Gasteiger partial charge in [0.1, 0.15) is 11.5 Å². The van der Waals surface area contributed by atoms with Crippen molar-refractivity contribution in [3.05, 3.63) is 82.9 Å². The molecule has 144 valence electrons. The lowest BCUT2D eigenvalue weighted by molar-refractivity contribution is 0.282. The fourth-order valence-electron chi connectivity index (χ4n) is 3.72. The number of hydrogen-bond acceptors (Lipinski definition) is 4. The molecule has 0 atom stereocenters. The average Bonchev–Trinajstić information content (AvgIpc) is 2.71. The maximum Gasteiger partial charge on any atom is 0.133 e. The quantitative estimate of drug-likeness (QED) is 0.566. The summed E-state index contributed by atoms with van der Waals surface area (Å²) >= 11 is 0. The van der Waals surface area contributed by atoms with Crippen LogP contribution in [-0.2, 0) is 6.61 Å². The normalized spacial score (nSPS) is 12.8. The van der Waals surface area contributed by atoms with Crippen molar-refractivity contribution in [1.82, 2.24) is 0 Å². The van der Waals surface area contributed by atoms with Crippen LogP contribution in [0.1, 0.15) is 28.2 Å². The highest BCUT2D eigenvalue weighted by molar-refractivity contribution is 5.65. The summed E-state index contributed by atoms with van der Waals surface area (Å²) in [5.74, 6) is 1.88. The molecule has 1 aliphatic heterocycles. The van der Waals surface area contributed by atoms with Gasteiger partial charge in [0.15, 0.2) is 0 Å². The number of aliphatic hydroxyl groups excluding tert-OH is 1. The number of nitrogens with zero attached hydrogens (tertiary/aromatic N) is 2.